The van der Waals surface area contributed by atoms with Gasteiger partial charge in [-0.05, 0) is 36.4 Å². The van der Waals surface area contributed by atoms with Crippen LogP contribution >= 0.6 is 27.3 Å². The van der Waals surface area contributed by atoms with Crippen LogP contribution in [-0.2, 0) is 0 Å². The molecule has 3 N–H and O–H groups in total. The number of rotatable bonds is 4. The summed E-state index contributed by atoms with van der Waals surface area (Å²) in [6.07, 6.45) is 0. The number of ketones is 1. The first-order valence-corrected chi connectivity index (χ1v) is 8.23. The van der Waals surface area contributed by atoms with Gasteiger partial charge >= 0.3 is 0 Å². The summed E-state index contributed by atoms with van der Waals surface area (Å²) in [5.74, 6) is -0.488. The number of nitrogens with zero attached hydrogens (tertiary/aromatic N) is 1. The second kappa shape index (κ2) is 6.47. The van der Waals surface area contributed by atoms with Gasteiger partial charge in [0.05, 0.1) is 5.69 Å². The zero-order chi connectivity index (χ0) is 16.4. The van der Waals surface area contributed by atoms with E-state index in [0.717, 1.165) is 15.8 Å². The second-order valence-electron chi connectivity index (χ2n) is 4.67. The predicted octanol–water partition coefficient (Wildman–Crippen LogP) is 4.60. The standard InChI is InChI=1S/C16H11BrFN3OS/c17-10-7-5-9(6-8-10)13(22)14-15(19)21-16(23-14)20-12-4-2-1-3-11(12)18/h1-8H,19H2,(H,20,21). The van der Waals surface area contributed by atoms with Crippen molar-refractivity contribution in [1.82, 2.24) is 4.98 Å². The van der Waals surface area contributed by atoms with E-state index < -0.39 is 5.82 Å². The number of nitrogens with one attached hydrogen (secondary N) is 1. The Labute approximate surface area is 144 Å². The zero-order valence-electron chi connectivity index (χ0n) is 11.7. The number of anilines is 3. The number of nitrogens with two attached hydrogens (primary N) is 1. The molecule has 0 amide bonds. The number of para-hydroxylation sites is 1. The molecule has 0 saturated carbocycles. The summed E-state index contributed by atoms with van der Waals surface area (Å²) in [6.45, 7) is 0. The van der Waals surface area contributed by atoms with Gasteiger partial charge in [0.1, 0.15) is 16.5 Å². The van der Waals surface area contributed by atoms with Crippen LogP contribution in [0.25, 0.3) is 0 Å². The summed E-state index contributed by atoms with van der Waals surface area (Å²) in [6, 6.07) is 13.2. The molecular weight excluding hydrogens is 381 g/mol. The average molecular weight is 392 g/mol. The van der Waals surface area contributed by atoms with Gasteiger partial charge in [-0.2, -0.15) is 0 Å². The Morgan fingerprint density at radius 3 is 2.57 bits per heavy atom. The van der Waals surface area contributed by atoms with Crippen LogP contribution in [-0.4, -0.2) is 10.8 Å². The monoisotopic (exact) mass is 391 g/mol. The fraction of sp³-hybridized carbons (Fsp3) is 0. The molecular formula is C16H11BrFN3OS. The van der Waals surface area contributed by atoms with Gasteiger partial charge < -0.3 is 11.1 Å². The number of aromatic nitrogens is 1. The van der Waals surface area contributed by atoms with Gasteiger partial charge in [-0.15, -0.1) is 0 Å². The average Bonchev–Trinajstić information content (AvgIpc) is 2.90. The highest BCUT2D eigenvalue weighted by atomic mass is 79.9. The van der Waals surface area contributed by atoms with Crippen LogP contribution in [0, 0.1) is 5.82 Å². The van der Waals surface area contributed by atoms with Crippen molar-refractivity contribution in [2.75, 3.05) is 11.1 Å². The molecule has 0 atom stereocenters. The molecule has 3 aromatic rings. The first kappa shape index (κ1) is 15.6. The molecule has 0 aliphatic heterocycles. The summed E-state index contributed by atoms with van der Waals surface area (Å²) < 4.78 is 14.5. The minimum absolute atomic E-state index is 0.127. The van der Waals surface area contributed by atoms with E-state index in [9.17, 15) is 9.18 Å². The highest BCUT2D eigenvalue weighted by Gasteiger charge is 2.18. The lowest BCUT2D eigenvalue weighted by atomic mass is 10.1. The molecule has 0 radical (unpaired) electrons. The van der Waals surface area contributed by atoms with Crippen molar-refractivity contribution in [2.45, 2.75) is 0 Å². The Morgan fingerprint density at radius 1 is 1.17 bits per heavy atom. The fourth-order valence-electron chi connectivity index (χ4n) is 1.96. The minimum Gasteiger partial charge on any atom is -0.382 e. The summed E-state index contributed by atoms with van der Waals surface area (Å²) in [7, 11) is 0. The molecule has 116 valence electrons. The Hall–Kier alpha value is -2.25. The van der Waals surface area contributed by atoms with Gasteiger partial charge in [-0.25, -0.2) is 9.37 Å². The number of benzene rings is 2. The van der Waals surface area contributed by atoms with Crippen molar-refractivity contribution >= 4 is 49.7 Å². The van der Waals surface area contributed by atoms with Crippen LogP contribution in [0.2, 0.25) is 0 Å². The number of carbonyl (C=O) groups is 1. The van der Waals surface area contributed by atoms with E-state index in [-0.39, 0.29) is 17.3 Å². The molecule has 0 fully saturated rings. The van der Waals surface area contributed by atoms with Crippen molar-refractivity contribution in [3.63, 3.8) is 0 Å². The summed E-state index contributed by atoms with van der Waals surface area (Å²) in [5, 5.41) is 3.21. The number of hydrogen-bond donors (Lipinski definition) is 2. The van der Waals surface area contributed by atoms with Gasteiger partial charge in [0.2, 0.25) is 5.78 Å². The number of thiazole rings is 1. The molecule has 4 nitrogen and oxygen atoms in total. The molecule has 0 aliphatic rings. The van der Waals surface area contributed by atoms with Gasteiger partial charge in [-0.3, -0.25) is 4.79 Å². The third-order valence-electron chi connectivity index (χ3n) is 3.08. The molecule has 0 spiro atoms. The van der Waals surface area contributed by atoms with Gasteiger partial charge in [-0.1, -0.05) is 39.4 Å². The maximum atomic E-state index is 13.7. The lowest BCUT2D eigenvalue weighted by Gasteiger charge is -2.02. The first-order valence-electron chi connectivity index (χ1n) is 6.62. The third-order valence-corrected chi connectivity index (χ3v) is 4.60. The Bertz CT molecular complexity index is 864. The molecule has 7 heteroatoms. The SMILES string of the molecule is Nc1nc(Nc2ccccc2F)sc1C(=O)c1ccc(Br)cc1. The Morgan fingerprint density at radius 2 is 1.87 bits per heavy atom. The maximum Gasteiger partial charge on any atom is 0.206 e. The van der Waals surface area contributed by atoms with Crippen LogP contribution in [0.1, 0.15) is 15.2 Å². The third kappa shape index (κ3) is 3.40. The highest BCUT2D eigenvalue weighted by molar-refractivity contribution is 9.10. The lowest BCUT2D eigenvalue weighted by Crippen LogP contribution is -2.02. The Kier molecular flexibility index (Phi) is 4.40. The van der Waals surface area contributed by atoms with Crippen molar-refractivity contribution in [3.05, 3.63) is 69.3 Å². The number of carbonyl (C=O) groups excluding carboxylic acids is 1. The van der Waals surface area contributed by atoms with Gasteiger partial charge in [0.25, 0.3) is 0 Å². The molecule has 3 rings (SSSR count). The lowest BCUT2D eigenvalue weighted by molar-refractivity contribution is 0.104. The number of hydrogen-bond acceptors (Lipinski definition) is 5. The molecule has 0 saturated heterocycles. The smallest absolute Gasteiger partial charge is 0.206 e. The summed E-state index contributed by atoms with van der Waals surface area (Å²) in [5.41, 5.74) is 6.63. The van der Waals surface area contributed by atoms with Crippen LogP contribution in [0.5, 0.6) is 0 Å². The van der Waals surface area contributed by atoms with E-state index in [1.807, 2.05) is 0 Å². The second-order valence-corrected chi connectivity index (χ2v) is 6.59. The van der Waals surface area contributed by atoms with E-state index in [1.165, 1.54) is 6.07 Å². The quantitative estimate of drug-likeness (QED) is 0.637. The van der Waals surface area contributed by atoms with Crippen molar-refractivity contribution in [3.8, 4) is 0 Å². The predicted molar refractivity (Wildman–Crippen MR) is 93.8 cm³/mol. The largest absolute Gasteiger partial charge is 0.382 e. The summed E-state index contributed by atoms with van der Waals surface area (Å²) >= 11 is 4.42. The molecule has 0 aliphatic carbocycles. The van der Waals surface area contributed by atoms with Gasteiger partial charge in [0.15, 0.2) is 5.13 Å². The van der Waals surface area contributed by atoms with E-state index in [1.54, 1.807) is 42.5 Å². The van der Waals surface area contributed by atoms with Crippen LogP contribution in [0.15, 0.2) is 53.0 Å². The van der Waals surface area contributed by atoms with E-state index in [0.29, 0.717) is 15.6 Å². The topological polar surface area (TPSA) is 68.0 Å². The van der Waals surface area contributed by atoms with E-state index >= 15 is 0 Å². The molecule has 2 aromatic carbocycles. The zero-order valence-corrected chi connectivity index (χ0v) is 14.1. The van der Waals surface area contributed by atoms with Crippen LogP contribution in [0.4, 0.5) is 21.0 Å². The van der Waals surface area contributed by atoms with E-state index in [4.69, 9.17) is 5.73 Å². The maximum absolute atomic E-state index is 13.7. The number of halogens is 2. The normalized spacial score (nSPS) is 10.5. The van der Waals surface area contributed by atoms with E-state index in [2.05, 4.69) is 26.2 Å². The molecule has 23 heavy (non-hydrogen) atoms. The molecule has 1 aromatic heterocycles. The van der Waals surface area contributed by atoms with Crippen molar-refractivity contribution in [1.29, 1.82) is 0 Å². The fourth-order valence-corrected chi connectivity index (χ4v) is 3.08. The molecule has 0 bridgehead atoms. The Balaban J connectivity index is 1.87. The highest BCUT2D eigenvalue weighted by Crippen LogP contribution is 2.30. The first-order chi connectivity index (χ1) is 11.0. The summed E-state index contributed by atoms with van der Waals surface area (Å²) in [4.78, 5) is 16.9. The molecule has 1 heterocycles. The van der Waals surface area contributed by atoms with Crippen molar-refractivity contribution < 1.29 is 9.18 Å². The molecule has 0 unspecified atom stereocenters. The minimum atomic E-state index is -0.401. The number of nitrogen functional groups attached to an aromatic ring is 1. The van der Waals surface area contributed by atoms with Crippen molar-refractivity contribution in [2.24, 2.45) is 0 Å². The van der Waals surface area contributed by atoms with Gasteiger partial charge in [0, 0.05) is 10.0 Å². The van der Waals surface area contributed by atoms with Crippen LogP contribution < -0.4 is 11.1 Å². The van der Waals surface area contributed by atoms with Crippen LogP contribution in [0.3, 0.4) is 0 Å².